The van der Waals surface area contributed by atoms with Gasteiger partial charge in [0.25, 0.3) is 5.56 Å². The van der Waals surface area contributed by atoms with E-state index < -0.39 is 0 Å². The molecular formula is C6H7IN2OS. The summed E-state index contributed by atoms with van der Waals surface area (Å²) in [6.07, 6.45) is 1.58. The number of halogens is 1. The van der Waals surface area contributed by atoms with E-state index in [1.54, 1.807) is 6.20 Å². The summed E-state index contributed by atoms with van der Waals surface area (Å²) in [7, 11) is 0. The zero-order valence-corrected chi connectivity index (χ0v) is 8.90. The number of hydrogen-bond acceptors (Lipinski definition) is 3. The summed E-state index contributed by atoms with van der Waals surface area (Å²) in [6, 6.07) is 0. The quantitative estimate of drug-likeness (QED) is 0.508. The molecule has 0 spiro atoms. The SMILES string of the molecule is CCSc1ncc(I)c(=O)[nH]1. The van der Waals surface area contributed by atoms with E-state index in [-0.39, 0.29) is 5.56 Å². The van der Waals surface area contributed by atoms with Crippen LogP contribution in [0.2, 0.25) is 0 Å². The van der Waals surface area contributed by atoms with E-state index in [1.165, 1.54) is 11.8 Å². The number of aromatic amines is 1. The number of H-pyrrole nitrogens is 1. The Morgan fingerprint density at radius 2 is 2.55 bits per heavy atom. The normalized spacial score (nSPS) is 10.0. The molecule has 1 aromatic heterocycles. The summed E-state index contributed by atoms with van der Waals surface area (Å²) in [5.41, 5.74) is -0.0587. The first-order chi connectivity index (χ1) is 5.24. The van der Waals surface area contributed by atoms with Gasteiger partial charge in [0.1, 0.15) is 0 Å². The summed E-state index contributed by atoms with van der Waals surface area (Å²) < 4.78 is 0.628. The summed E-state index contributed by atoms with van der Waals surface area (Å²) in [5, 5.41) is 0.693. The molecule has 0 aliphatic rings. The van der Waals surface area contributed by atoms with Gasteiger partial charge in [-0.3, -0.25) is 4.79 Å². The summed E-state index contributed by atoms with van der Waals surface area (Å²) in [5.74, 6) is 0.920. The first-order valence-electron chi connectivity index (χ1n) is 3.11. The second-order valence-electron chi connectivity index (χ2n) is 1.80. The Morgan fingerprint density at radius 1 is 1.82 bits per heavy atom. The minimum atomic E-state index is -0.0587. The van der Waals surface area contributed by atoms with Gasteiger partial charge in [0.05, 0.1) is 3.57 Å². The molecule has 0 aliphatic heterocycles. The van der Waals surface area contributed by atoms with Gasteiger partial charge in [-0.25, -0.2) is 4.98 Å². The van der Waals surface area contributed by atoms with E-state index in [1.807, 2.05) is 29.5 Å². The highest BCUT2D eigenvalue weighted by molar-refractivity contribution is 14.1. The van der Waals surface area contributed by atoms with Gasteiger partial charge in [0.2, 0.25) is 0 Å². The molecule has 1 heterocycles. The minimum Gasteiger partial charge on any atom is -0.301 e. The summed E-state index contributed by atoms with van der Waals surface area (Å²) in [4.78, 5) is 17.7. The number of thioether (sulfide) groups is 1. The minimum absolute atomic E-state index is 0.0587. The number of hydrogen-bond donors (Lipinski definition) is 1. The lowest BCUT2D eigenvalue weighted by atomic mass is 10.7. The Kier molecular flexibility index (Phi) is 3.38. The molecule has 5 heteroatoms. The molecule has 0 saturated carbocycles. The van der Waals surface area contributed by atoms with Crippen LogP contribution in [0, 0.1) is 3.57 Å². The van der Waals surface area contributed by atoms with Crippen molar-refractivity contribution in [2.75, 3.05) is 5.75 Å². The van der Waals surface area contributed by atoms with E-state index in [2.05, 4.69) is 9.97 Å². The van der Waals surface area contributed by atoms with Crippen LogP contribution in [0.1, 0.15) is 6.92 Å². The highest BCUT2D eigenvalue weighted by Crippen LogP contribution is 2.08. The highest BCUT2D eigenvalue weighted by atomic mass is 127. The van der Waals surface area contributed by atoms with E-state index in [0.717, 1.165) is 5.75 Å². The number of nitrogens with zero attached hydrogens (tertiary/aromatic N) is 1. The molecule has 0 fully saturated rings. The van der Waals surface area contributed by atoms with Crippen molar-refractivity contribution < 1.29 is 0 Å². The molecule has 0 unspecified atom stereocenters. The second-order valence-corrected chi connectivity index (χ2v) is 4.21. The molecule has 1 rings (SSSR count). The molecule has 1 N–H and O–H groups in total. The molecule has 1 aromatic rings. The molecule has 3 nitrogen and oxygen atoms in total. The van der Waals surface area contributed by atoms with Crippen LogP contribution in [-0.4, -0.2) is 15.7 Å². The van der Waals surface area contributed by atoms with Crippen molar-refractivity contribution in [3.05, 3.63) is 20.1 Å². The van der Waals surface area contributed by atoms with Crippen LogP contribution >= 0.6 is 34.4 Å². The van der Waals surface area contributed by atoms with Gasteiger partial charge in [0, 0.05) is 6.20 Å². The first-order valence-corrected chi connectivity index (χ1v) is 5.18. The number of aromatic nitrogens is 2. The Morgan fingerprint density at radius 3 is 3.09 bits per heavy atom. The van der Waals surface area contributed by atoms with Crippen molar-refractivity contribution in [1.82, 2.24) is 9.97 Å². The molecule has 0 aromatic carbocycles. The first kappa shape index (κ1) is 9.05. The molecule has 0 atom stereocenters. The van der Waals surface area contributed by atoms with Gasteiger partial charge >= 0.3 is 0 Å². The molecular weight excluding hydrogens is 275 g/mol. The lowest BCUT2D eigenvalue weighted by Crippen LogP contribution is -2.10. The Hall–Kier alpha value is -0.0400. The predicted octanol–water partition coefficient (Wildman–Crippen LogP) is 1.49. The van der Waals surface area contributed by atoms with Gasteiger partial charge in [0.15, 0.2) is 5.16 Å². The molecule has 0 amide bonds. The zero-order valence-electron chi connectivity index (χ0n) is 5.93. The maximum atomic E-state index is 11.0. The van der Waals surface area contributed by atoms with Gasteiger partial charge in [-0.15, -0.1) is 0 Å². The maximum Gasteiger partial charge on any atom is 0.264 e. The third-order valence-corrected chi connectivity index (χ3v) is 2.55. The Bertz CT molecular complexity index is 299. The largest absolute Gasteiger partial charge is 0.301 e. The van der Waals surface area contributed by atoms with Crippen molar-refractivity contribution in [3.63, 3.8) is 0 Å². The van der Waals surface area contributed by atoms with Crippen molar-refractivity contribution in [2.24, 2.45) is 0 Å². The van der Waals surface area contributed by atoms with Crippen LogP contribution in [0.25, 0.3) is 0 Å². The summed E-state index contributed by atoms with van der Waals surface area (Å²) in [6.45, 7) is 2.02. The van der Waals surface area contributed by atoms with Crippen molar-refractivity contribution >= 4 is 34.4 Å². The molecule has 60 valence electrons. The lowest BCUT2D eigenvalue weighted by molar-refractivity contribution is 0.925. The van der Waals surface area contributed by atoms with Gasteiger partial charge < -0.3 is 4.98 Å². The van der Waals surface area contributed by atoms with Crippen LogP contribution in [0.3, 0.4) is 0 Å². The lowest BCUT2D eigenvalue weighted by Gasteiger charge is -1.95. The third kappa shape index (κ3) is 2.48. The fraction of sp³-hybridized carbons (Fsp3) is 0.333. The predicted molar refractivity (Wildman–Crippen MR) is 54.0 cm³/mol. The zero-order chi connectivity index (χ0) is 8.27. The maximum absolute atomic E-state index is 11.0. The highest BCUT2D eigenvalue weighted by Gasteiger charge is 1.97. The van der Waals surface area contributed by atoms with Gasteiger partial charge in [-0.1, -0.05) is 18.7 Å². The van der Waals surface area contributed by atoms with Gasteiger partial charge in [-0.2, -0.15) is 0 Å². The Balaban J connectivity index is 2.96. The average Bonchev–Trinajstić information content (AvgIpc) is 1.98. The standard InChI is InChI=1S/C6H7IN2OS/c1-2-11-6-8-3-4(7)5(10)9-6/h3H,2H2,1H3,(H,8,9,10). The fourth-order valence-electron chi connectivity index (χ4n) is 0.573. The third-order valence-electron chi connectivity index (χ3n) is 1.01. The van der Waals surface area contributed by atoms with E-state index >= 15 is 0 Å². The Labute approximate surface area is 82.1 Å². The fourth-order valence-corrected chi connectivity index (χ4v) is 1.41. The van der Waals surface area contributed by atoms with Gasteiger partial charge in [-0.05, 0) is 28.3 Å². The molecule has 0 aliphatic carbocycles. The van der Waals surface area contributed by atoms with Crippen molar-refractivity contribution in [3.8, 4) is 0 Å². The van der Waals surface area contributed by atoms with Crippen LogP contribution in [-0.2, 0) is 0 Å². The van der Waals surface area contributed by atoms with Crippen molar-refractivity contribution in [1.29, 1.82) is 0 Å². The van der Waals surface area contributed by atoms with Crippen LogP contribution in [0.5, 0.6) is 0 Å². The molecule has 0 bridgehead atoms. The molecule has 0 saturated heterocycles. The van der Waals surface area contributed by atoms with Crippen molar-refractivity contribution in [2.45, 2.75) is 12.1 Å². The van der Waals surface area contributed by atoms with Crippen LogP contribution in [0.15, 0.2) is 16.1 Å². The average molecular weight is 282 g/mol. The number of nitrogens with one attached hydrogen (secondary N) is 1. The van der Waals surface area contributed by atoms with E-state index in [4.69, 9.17) is 0 Å². The summed E-state index contributed by atoms with van der Waals surface area (Å²) >= 11 is 3.48. The monoisotopic (exact) mass is 282 g/mol. The second kappa shape index (κ2) is 4.10. The molecule has 0 radical (unpaired) electrons. The number of rotatable bonds is 2. The molecule has 11 heavy (non-hydrogen) atoms. The smallest absolute Gasteiger partial charge is 0.264 e. The van der Waals surface area contributed by atoms with Crippen LogP contribution in [0.4, 0.5) is 0 Å². The topological polar surface area (TPSA) is 45.8 Å². The van der Waals surface area contributed by atoms with E-state index in [0.29, 0.717) is 8.73 Å². The van der Waals surface area contributed by atoms with E-state index in [9.17, 15) is 4.79 Å². The van der Waals surface area contributed by atoms with Crippen LogP contribution < -0.4 is 5.56 Å².